The molecular weight excluding hydrogens is 265 g/mol. The molecule has 21 heavy (non-hydrogen) atoms. The molecule has 0 bridgehead atoms. The van der Waals surface area contributed by atoms with Gasteiger partial charge in [0.2, 0.25) is 0 Å². The van der Waals surface area contributed by atoms with Gasteiger partial charge in [0.05, 0.1) is 11.4 Å². The van der Waals surface area contributed by atoms with E-state index in [1.807, 2.05) is 32.0 Å². The van der Waals surface area contributed by atoms with Crippen LogP contribution in [0.15, 0.2) is 48.5 Å². The van der Waals surface area contributed by atoms with Crippen molar-refractivity contribution < 1.29 is 4.39 Å². The van der Waals surface area contributed by atoms with Gasteiger partial charge in [-0.15, -0.1) is 0 Å². The predicted octanol–water partition coefficient (Wildman–Crippen LogP) is 3.88. The zero-order valence-electron chi connectivity index (χ0n) is 12.0. The first-order valence-corrected chi connectivity index (χ1v) is 6.74. The standard InChI is InChI=1S/C17H16FN3/c1-11-4-3-5-12(2)17(11)21-16(19)10-15(20-21)13-6-8-14(18)9-7-13/h3-10H,19H2,1-2H3. The summed E-state index contributed by atoms with van der Waals surface area (Å²) in [6.07, 6.45) is 0. The summed E-state index contributed by atoms with van der Waals surface area (Å²) in [7, 11) is 0. The Bertz CT molecular complexity index is 768. The number of nitrogen functional groups attached to an aromatic ring is 1. The summed E-state index contributed by atoms with van der Waals surface area (Å²) < 4.78 is 14.7. The predicted molar refractivity (Wildman–Crippen MR) is 82.8 cm³/mol. The van der Waals surface area contributed by atoms with Crippen LogP contribution in [0.25, 0.3) is 16.9 Å². The van der Waals surface area contributed by atoms with Gasteiger partial charge in [-0.05, 0) is 49.2 Å². The third kappa shape index (κ3) is 2.40. The average molecular weight is 281 g/mol. The van der Waals surface area contributed by atoms with Crippen molar-refractivity contribution in [1.29, 1.82) is 0 Å². The Hall–Kier alpha value is -2.62. The van der Waals surface area contributed by atoms with Gasteiger partial charge in [0.25, 0.3) is 0 Å². The Morgan fingerprint density at radius 1 is 1.00 bits per heavy atom. The second kappa shape index (κ2) is 5.05. The minimum absolute atomic E-state index is 0.263. The Balaban J connectivity index is 2.12. The lowest BCUT2D eigenvalue weighted by molar-refractivity contribution is 0.628. The molecule has 3 nitrogen and oxygen atoms in total. The number of rotatable bonds is 2. The van der Waals surface area contributed by atoms with E-state index in [1.54, 1.807) is 22.9 Å². The molecule has 4 heteroatoms. The minimum Gasteiger partial charge on any atom is -0.384 e. The molecule has 0 spiro atoms. The lowest BCUT2D eigenvalue weighted by atomic mass is 10.1. The highest BCUT2D eigenvalue weighted by atomic mass is 19.1. The molecule has 0 fully saturated rings. The molecule has 1 aromatic heterocycles. The Kier molecular flexibility index (Phi) is 3.22. The molecule has 106 valence electrons. The number of hydrogen-bond donors (Lipinski definition) is 1. The van der Waals surface area contributed by atoms with Crippen LogP contribution in [0.3, 0.4) is 0 Å². The van der Waals surface area contributed by atoms with Gasteiger partial charge in [0.15, 0.2) is 0 Å². The van der Waals surface area contributed by atoms with Gasteiger partial charge in [-0.3, -0.25) is 0 Å². The summed E-state index contributed by atoms with van der Waals surface area (Å²) in [5.41, 5.74) is 10.9. The normalized spacial score (nSPS) is 10.8. The van der Waals surface area contributed by atoms with Crippen molar-refractivity contribution in [3.8, 4) is 16.9 Å². The third-order valence-electron chi connectivity index (χ3n) is 3.53. The molecule has 3 rings (SSSR count). The molecule has 1 heterocycles. The first-order chi connectivity index (χ1) is 10.1. The average Bonchev–Trinajstić information content (AvgIpc) is 2.81. The number of benzene rings is 2. The zero-order valence-corrected chi connectivity index (χ0v) is 12.0. The number of aryl methyl sites for hydroxylation is 2. The van der Waals surface area contributed by atoms with Crippen LogP contribution in [0.2, 0.25) is 0 Å². The summed E-state index contributed by atoms with van der Waals surface area (Å²) in [4.78, 5) is 0. The fourth-order valence-electron chi connectivity index (χ4n) is 2.48. The van der Waals surface area contributed by atoms with E-state index in [0.717, 1.165) is 28.1 Å². The number of nitrogens with zero attached hydrogens (tertiary/aromatic N) is 2. The Labute approximate surface area is 122 Å². The van der Waals surface area contributed by atoms with Crippen molar-refractivity contribution in [3.63, 3.8) is 0 Å². The second-order valence-corrected chi connectivity index (χ2v) is 5.11. The second-order valence-electron chi connectivity index (χ2n) is 5.11. The quantitative estimate of drug-likeness (QED) is 0.774. The van der Waals surface area contributed by atoms with Gasteiger partial charge in [-0.2, -0.15) is 5.10 Å². The van der Waals surface area contributed by atoms with Crippen LogP contribution in [-0.4, -0.2) is 9.78 Å². The van der Waals surface area contributed by atoms with Crippen molar-refractivity contribution >= 4 is 5.82 Å². The van der Waals surface area contributed by atoms with Crippen LogP contribution < -0.4 is 5.73 Å². The SMILES string of the molecule is Cc1cccc(C)c1-n1nc(-c2ccc(F)cc2)cc1N. The van der Waals surface area contributed by atoms with E-state index < -0.39 is 0 Å². The zero-order chi connectivity index (χ0) is 15.0. The third-order valence-corrected chi connectivity index (χ3v) is 3.53. The van der Waals surface area contributed by atoms with E-state index in [1.165, 1.54) is 12.1 Å². The molecule has 0 aliphatic carbocycles. The molecule has 3 aromatic rings. The van der Waals surface area contributed by atoms with E-state index in [4.69, 9.17) is 5.73 Å². The number of para-hydroxylation sites is 1. The Morgan fingerprint density at radius 2 is 1.62 bits per heavy atom. The summed E-state index contributed by atoms with van der Waals surface area (Å²) in [6, 6.07) is 14.1. The molecule has 0 atom stereocenters. The van der Waals surface area contributed by atoms with E-state index >= 15 is 0 Å². The van der Waals surface area contributed by atoms with Crippen molar-refractivity contribution in [2.75, 3.05) is 5.73 Å². The lowest BCUT2D eigenvalue weighted by Gasteiger charge is -2.10. The topological polar surface area (TPSA) is 43.8 Å². The monoisotopic (exact) mass is 281 g/mol. The molecule has 0 radical (unpaired) electrons. The van der Waals surface area contributed by atoms with Gasteiger partial charge in [0.1, 0.15) is 11.6 Å². The van der Waals surface area contributed by atoms with Crippen molar-refractivity contribution in [2.24, 2.45) is 0 Å². The number of hydrogen-bond acceptors (Lipinski definition) is 2. The first kappa shape index (κ1) is 13.4. The molecule has 0 amide bonds. The number of anilines is 1. The van der Waals surface area contributed by atoms with Gasteiger partial charge in [-0.1, -0.05) is 18.2 Å². The number of nitrogens with two attached hydrogens (primary N) is 1. The van der Waals surface area contributed by atoms with Crippen molar-refractivity contribution in [2.45, 2.75) is 13.8 Å². The summed E-state index contributed by atoms with van der Waals surface area (Å²) >= 11 is 0. The highest BCUT2D eigenvalue weighted by Crippen LogP contribution is 2.26. The summed E-state index contributed by atoms with van der Waals surface area (Å²) in [5.74, 6) is 0.299. The fourth-order valence-corrected chi connectivity index (χ4v) is 2.48. The summed E-state index contributed by atoms with van der Waals surface area (Å²) in [5, 5.41) is 4.57. The van der Waals surface area contributed by atoms with Crippen molar-refractivity contribution in [1.82, 2.24) is 9.78 Å². The van der Waals surface area contributed by atoms with Crippen LogP contribution in [0, 0.1) is 19.7 Å². The molecule has 2 N–H and O–H groups in total. The van der Waals surface area contributed by atoms with Crippen LogP contribution in [0.4, 0.5) is 10.2 Å². The maximum Gasteiger partial charge on any atom is 0.127 e. The smallest absolute Gasteiger partial charge is 0.127 e. The van der Waals surface area contributed by atoms with E-state index in [0.29, 0.717) is 5.82 Å². The fraction of sp³-hybridized carbons (Fsp3) is 0.118. The molecular formula is C17H16FN3. The van der Waals surface area contributed by atoms with E-state index in [2.05, 4.69) is 5.10 Å². The number of aromatic nitrogens is 2. The summed E-state index contributed by atoms with van der Waals surface area (Å²) in [6.45, 7) is 4.06. The van der Waals surface area contributed by atoms with Gasteiger partial charge in [-0.25, -0.2) is 9.07 Å². The number of halogens is 1. The lowest BCUT2D eigenvalue weighted by Crippen LogP contribution is -2.05. The van der Waals surface area contributed by atoms with Gasteiger partial charge >= 0.3 is 0 Å². The van der Waals surface area contributed by atoms with Gasteiger partial charge in [0, 0.05) is 11.6 Å². The van der Waals surface area contributed by atoms with Crippen molar-refractivity contribution in [3.05, 3.63) is 65.5 Å². The van der Waals surface area contributed by atoms with E-state index in [-0.39, 0.29) is 5.82 Å². The molecule has 0 saturated heterocycles. The molecule has 0 aliphatic heterocycles. The molecule has 2 aromatic carbocycles. The molecule has 0 aliphatic rings. The van der Waals surface area contributed by atoms with Gasteiger partial charge < -0.3 is 5.73 Å². The van der Waals surface area contributed by atoms with Crippen LogP contribution in [-0.2, 0) is 0 Å². The van der Waals surface area contributed by atoms with Crippen LogP contribution in [0.1, 0.15) is 11.1 Å². The Morgan fingerprint density at radius 3 is 2.24 bits per heavy atom. The maximum atomic E-state index is 13.0. The molecule has 0 unspecified atom stereocenters. The maximum absolute atomic E-state index is 13.0. The minimum atomic E-state index is -0.263. The largest absolute Gasteiger partial charge is 0.384 e. The first-order valence-electron chi connectivity index (χ1n) is 6.74. The molecule has 0 saturated carbocycles. The highest BCUT2D eigenvalue weighted by Gasteiger charge is 2.12. The van der Waals surface area contributed by atoms with E-state index in [9.17, 15) is 4.39 Å². The highest BCUT2D eigenvalue weighted by molar-refractivity contribution is 5.64. The van der Waals surface area contributed by atoms with Crippen LogP contribution >= 0.6 is 0 Å². The van der Waals surface area contributed by atoms with Crippen LogP contribution in [0.5, 0.6) is 0 Å².